The van der Waals surface area contributed by atoms with E-state index in [9.17, 15) is 5.11 Å². The van der Waals surface area contributed by atoms with Crippen molar-refractivity contribution >= 4 is 41.3 Å². The first-order valence-corrected chi connectivity index (χ1v) is 11.5. The molecule has 0 aliphatic carbocycles. The summed E-state index contributed by atoms with van der Waals surface area (Å²) >= 11 is 1.56. The Morgan fingerprint density at radius 1 is 1.29 bits per heavy atom. The molecule has 3 N–H and O–H groups in total. The maximum Gasteiger partial charge on any atom is 0.191 e. The van der Waals surface area contributed by atoms with Crippen LogP contribution in [0.1, 0.15) is 36.8 Å². The zero-order chi connectivity index (χ0) is 21.4. The van der Waals surface area contributed by atoms with Gasteiger partial charge in [-0.15, -0.1) is 35.3 Å². The van der Waals surface area contributed by atoms with E-state index in [1.807, 2.05) is 31.4 Å². The lowest BCUT2D eigenvalue weighted by atomic mass is 10.1. The molecule has 1 aliphatic rings. The number of nitrogens with one attached hydrogen (secondary N) is 2. The third-order valence-corrected chi connectivity index (χ3v) is 6.26. The summed E-state index contributed by atoms with van der Waals surface area (Å²) in [6, 6.07) is 12.5. The minimum atomic E-state index is -0.931. The molecule has 3 rings (SSSR count). The first-order valence-electron chi connectivity index (χ1n) is 10.7. The highest BCUT2D eigenvalue weighted by Crippen LogP contribution is 2.24. The number of ether oxygens (including phenoxy) is 1. The van der Waals surface area contributed by atoms with Gasteiger partial charge in [0.2, 0.25) is 0 Å². The summed E-state index contributed by atoms with van der Waals surface area (Å²) in [6.45, 7) is 11.4. The Labute approximate surface area is 207 Å². The van der Waals surface area contributed by atoms with E-state index < -0.39 is 5.60 Å². The van der Waals surface area contributed by atoms with Gasteiger partial charge in [-0.2, -0.15) is 0 Å². The third kappa shape index (κ3) is 8.34. The number of aliphatic hydroxyl groups is 1. The molecule has 172 valence electrons. The van der Waals surface area contributed by atoms with E-state index in [-0.39, 0.29) is 24.0 Å². The number of nitrogens with zero attached hydrogens (tertiary/aromatic N) is 2. The van der Waals surface area contributed by atoms with Gasteiger partial charge < -0.3 is 20.5 Å². The number of rotatable bonds is 8. The Morgan fingerprint density at radius 3 is 2.81 bits per heavy atom. The molecule has 8 heteroatoms. The minimum Gasteiger partial charge on any atom is -0.383 e. The molecule has 0 radical (unpaired) electrons. The predicted molar refractivity (Wildman–Crippen MR) is 139 cm³/mol. The molecule has 2 atom stereocenters. The van der Waals surface area contributed by atoms with Gasteiger partial charge in [0.15, 0.2) is 5.96 Å². The van der Waals surface area contributed by atoms with Gasteiger partial charge in [0.1, 0.15) is 5.60 Å². The Hall–Kier alpha value is -1.20. The van der Waals surface area contributed by atoms with Crippen LogP contribution >= 0.6 is 35.3 Å². The van der Waals surface area contributed by atoms with E-state index >= 15 is 0 Å². The molecule has 1 fully saturated rings. The summed E-state index contributed by atoms with van der Waals surface area (Å²) in [4.78, 5) is 8.10. The highest BCUT2D eigenvalue weighted by Gasteiger charge is 2.24. The normalized spacial score (nSPS) is 19.4. The van der Waals surface area contributed by atoms with E-state index in [2.05, 4.69) is 46.7 Å². The predicted octanol–water partition coefficient (Wildman–Crippen LogP) is 3.55. The molecular formula is C23H35IN4O2S. The average Bonchev–Trinajstić information content (AvgIpc) is 3.26. The van der Waals surface area contributed by atoms with E-state index in [1.54, 1.807) is 11.3 Å². The molecule has 31 heavy (non-hydrogen) atoms. The fourth-order valence-corrected chi connectivity index (χ4v) is 4.35. The van der Waals surface area contributed by atoms with Crippen LogP contribution in [0.25, 0.3) is 0 Å². The number of morpholine rings is 1. The molecule has 2 unspecified atom stereocenters. The maximum atomic E-state index is 10.7. The van der Waals surface area contributed by atoms with Crippen LogP contribution in [-0.2, 0) is 23.4 Å². The van der Waals surface area contributed by atoms with Crippen molar-refractivity contribution in [1.29, 1.82) is 0 Å². The first-order chi connectivity index (χ1) is 14.5. The fourth-order valence-electron chi connectivity index (χ4n) is 3.56. The first kappa shape index (κ1) is 26.1. The zero-order valence-corrected chi connectivity index (χ0v) is 21.8. The molecule has 1 saturated heterocycles. The number of benzene rings is 1. The van der Waals surface area contributed by atoms with Gasteiger partial charge in [-0.1, -0.05) is 30.3 Å². The topological polar surface area (TPSA) is 69.1 Å². The number of halogens is 1. The van der Waals surface area contributed by atoms with Crippen LogP contribution in [0.5, 0.6) is 0 Å². The van der Waals surface area contributed by atoms with Gasteiger partial charge in [-0.3, -0.25) is 4.90 Å². The van der Waals surface area contributed by atoms with Crippen LogP contribution < -0.4 is 10.6 Å². The molecule has 2 heterocycles. The third-order valence-electron chi connectivity index (χ3n) is 5.14. The van der Waals surface area contributed by atoms with Gasteiger partial charge in [-0.25, -0.2) is 4.99 Å². The van der Waals surface area contributed by atoms with Crippen molar-refractivity contribution in [2.75, 3.05) is 32.8 Å². The monoisotopic (exact) mass is 558 g/mol. The summed E-state index contributed by atoms with van der Waals surface area (Å²) in [5, 5.41) is 19.3. The van der Waals surface area contributed by atoms with Crippen molar-refractivity contribution in [2.24, 2.45) is 4.99 Å². The summed E-state index contributed by atoms with van der Waals surface area (Å²) in [7, 11) is 0. The van der Waals surface area contributed by atoms with E-state index in [0.29, 0.717) is 25.2 Å². The van der Waals surface area contributed by atoms with E-state index in [0.717, 1.165) is 37.7 Å². The summed E-state index contributed by atoms with van der Waals surface area (Å²) in [6.07, 6.45) is 0.298. The number of aliphatic imine (C=N–C) groups is 1. The van der Waals surface area contributed by atoms with Crippen LogP contribution in [0.2, 0.25) is 0 Å². The Balaban J connectivity index is 0.00000341. The van der Waals surface area contributed by atoms with Crippen molar-refractivity contribution in [3.8, 4) is 0 Å². The van der Waals surface area contributed by atoms with Gasteiger partial charge in [0, 0.05) is 31.1 Å². The van der Waals surface area contributed by atoms with Crippen molar-refractivity contribution in [3.05, 3.63) is 57.8 Å². The molecule has 0 saturated carbocycles. The summed E-state index contributed by atoms with van der Waals surface area (Å²) in [5.74, 6) is 0.710. The van der Waals surface area contributed by atoms with Gasteiger partial charge in [0.25, 0.3) is 0 Å². The SMILES string of the molecule is CCNC(=NCc1cccc(CN2CCOC(C)C2)c1)NCC(C)(O)c1cccs1.I. The highest BCUT2D eigenvalue weighted by molar-refractivity contribution is 14.0. The second-order valence-corrected chi connectivity index (χ2v) is 8.98. The molecule has 2 aromatic rings. The smallest absolute Gasteiger partial charge is 0.191 e. The van der Waals surface area contributed by atoms with Crippen molar-refractivity contribution < 1.29 is 9.84 Å². The van der Waals surface area contributed by atoms with Gasteiger partial charge in [-0.05, 0) is 43.3 Å². The summed E-state index contributed by atoms with van der Waals surface area (Å²) < 4.78 is 5.64. The number of thiophene rings is 1. The summed E-state index contributed by atoms with van der Waals surface area (Å²) in [5.41, 5.74) is 1.55. The largest absolute Gasteiger partial charge is 0.383 e. The molecule has 0 bridgehead atoms. The van der Waals surface area contributed by atoms with Crippen molar-refractivity contribution in [1.82, 2.24) is 15.5 Å². The van der Waals surface area contributed by atoms with Gasteiger partial charge >= 0.3 is 0 Å². The van der Waals surface area contributed by atoms with Crippen LogP contribution in [0.3, 0.4) is 0 Å². The van der Waals surface area contributed by atoms with Crippen LogP contribution in [0.4, 0.5) is 0 Å². The Bertz CT molecular complexity index is 814. The quantitative estimate of drug-likeness (QED) is 0.263. The second-order valence-electron chi connectivity index (χ2n) is 8.04. The van der Waals surface area contributed by atoms with Gasteiger partial charge in [0.05, 0.1) is 25.8 Å². The molecule has 1 aliphatic heterocycles. The second kappa shape index (κ2) is 12.7. The number of hydrogen-bond acceptors (Lipinski definition) is 5. The lowest BCUT2D eigenvalue weighted by Crippen LogP contribution is -2.44. The average molecular weight is 559 g/mol. The van der Waals surface area contributed by atoms with Crippen molar-refractivity contribution in [2.45, 2.75) is 45.6 Å². The van der Waals surface area contributed by atoms with E-state index in [1.165, 1.54) is 11.1 Å². The minimum absolute atomic E-state index is 0. The van der Waals surface area contributed by atoms with Crippen LogP contribution in [-0.4, -0.2) is 54.9 Å². The Kier molecular flexibility index (Phi) is 10.7. The molecular weight excluding hydrogens is 523 g/mol. The molecule has 0 amide bonds. The maximum absolute atomic E-state index is 10.7. The van der Waals surface area contributed by atoms with E-state index in [4.69, 9.17) is 9.73 Å². The molecule has 1 aromatic carbocycles. The standard InChI is InChI=1S/C23H34N4O2S.HI/c1-4-24-22(26-17-23(3,28)21-9-6-12-30-21)25-14-19-7-5-8-20(13-19)16-27-10-11-29-18(2)15-27;/h5-9,12-13,18,28H,4,10-11,14-17H2,1-3H3,(H2,24,25,26);1H. The fraction of sp³-hybridized carbons (Fsp3) is 0.522. The number of hydrogen-bond donors (Lipinski definition) is 3. The highest BCUT2D eigenvalue weighted by atomic mass is 127. The lowest BCUT2D eigenvalue weighted by molar-refractivity contribution is -0.0212. The Morgan fingerprint density at radius 2 is 2.10 bits per heavy atom. The lowest BCUT2D eigenvalue weighted by Gasteiger charge is -2.31. The van der Waals surface area contributed by atoms with Crippen molar-refractivity contribution in [3.63, 3.8) is 0 Å². The zero-order valence-electron chi connectivity index (χ0n) is 18.6. The van der Waals surface area contributed by atoms with Crippen LogP contribution in [0, 0.1) is 0 Å². The molecule has 6 nitrogen and oxygen atoms in total. The molecule has 0 spiro atoms. The number of guanidine groups is 1. The van der Waals surface area contributed by atoms with Crippen LogP contribution in [0.15, 0.2) is 46.8 Å². The molecule has 1 aromatic heterocycles.